The predicted molar refractivity (Wildman–Crippen MR) is 136 cm³/mol. The van der Waals surface area contributed by atoms with E-state index >= 15 is 0 Å². The van der Waals surface area contributed by atoms with Crippen LogP contribution in [0.25, 0.3) is 0 Å². The summed E-state index contributed by atoms with van der Waals surface area (Å²) in [7, 11) is 3.04. The summed E-state index contributed by atoms with van der Waals surface area (Å²) in [5.41, 5.74) is 1.50. The summed E-state index contributed by atoms with van der Waals surface area (Å²) in [4.78, 5) is 54.6. The summed E-state index contributed by atoms with van der Waals surface area (Å²) in [6.07, 6.45) is 1.48. The van der Waals surface area contributed by atoms with Gasteiger partial charge in [-0.25, -0.2) is 0 Å². The smallest absolute Gasteiger partial charge is 0.309 e. The Balaban J connectivity index is 1.80. The van der Waals surface area contributed by atoms with Crippen LogP contribution in [0.5, 0.6) is 5.75 Å². The van der Waals surface area contributed by atoms with Crippen molar-refractivity contribution in [1.82, 2.24) is 4.90 Å². The first-order valence-corrected chi connectivity index (χ1v) is 13.0. The van der Waals surface area contributed by atoms with Crippen molar-refractivity contribution in [3.63, 3.8) is 0 Å². The number of ether oxygens (including phenoxy) is 1. The van der Waals surface area contributed by atoms with Gasteiger partial charge in [0.25, 0.3) is 5.91 Å². The summed E-state index contributed by atoms with van der Waals surface area (Å²) in [6.45, 7) is 1.73. The Labute approximate surface area is 224 Å². The minimum absolute atomic E-state index is 0.105. The van der Waals surface area contributed by atoms with Gasteiger partial charge in [0, 0.05) is 11.5 Å². The number of Topliss-reactive ketones (excluding diaryl/α,β-unsaturated/α-hetero) is 2. The SMILES string of the molecule is C[C@H]1c2cccc(O)c2C(=O)C2=C(O)[C@]3(O)C(=O)C(C(N)=O)=C(O)[C@H](N(C)C)[C@@H]3[C@H](OC(=O)C3CCCC3)[C@H]21. The summed E-state index contributed by atoms with van der Waals surface area (Å²) in [6, 6.07) is 3.21. The standard InChI is InChI=1S/C28H32N2O9/c1-11-13-9-6-10-14(31)16(13)21(32)17-15(11)23(39-27(37)12-7-4-5-8-12)19-20(30(2)3)22(33)18(26(29)36)25(35)28(19,38)24(17)34/h6,9-12,15,19-20,23,31,33-34,38H,4-5,7-8H2,1-3H3,(H2,29,36)/t11-,15-,19+,20+,23+,28-/m0/s1. The van der Waals surface area contributed by atoms with E-state index in [2.05, 4.69) is 0 Å². The van der Waals surface area contributed by atoms with E-state index in [0.29, 0.717) is 18.4 Å². The van der Waals surface area contributed by atoms with Gasteiger partial charge in [-0.3, -0.25) is 24.1 Å². The molecule has 1 saturated carbocycles. The molecule has 6 N–H and O–H groups in total. The molecule has 0 aromatic heterocycles. The third-order valence-corrected chi connectivity index (χ3v) is 8.91. The van der Waals surface area contributed by atoms with Crippen molar-refractivity contribution in [2.24, 2.45) is 23.5 Å². The number of phenols is 1. The van der Waals surface area contributed by atoms with E-state index in [-0.39, 0.29) is 11.3 Å². The molecule has 0 saturated heterocycles. The Bertz CT molecular complexity index is 1360. The van der Waals surface area contributed by atoms with E-state index in [0.717, 1.165) is 12.8 Å². The zero-order valence-electron chi connectivity index (χ0n) is 21.9. The van der Waals surface area contributed by atoms with Crippen LogP contribution in [0.4, 0.5) is 0 Å². The highest BCUT2D eigenvalue weighted by molar-refractivity contribution is 6.25. The number of aliphatic hydroxyl groups is 3. The molecule has 4 aliphatic rings. The number of likely N-dealkylation sites (N-methyl/N-ethyl adjacent to an activating group) is 1. The Kier molecular flexibility index (Phi) is 6.34. The average Bonchev–Trinajstić information content (AvgIpc) is 3.41. The Morgan fingerprint density at radius 3 is 2.33 bits per heavy atom. The molecule has 0 bridgehead atoms. The van der Waals surface area contributed by atoms with E-state index < -0.39 is 87.5 Å². The fraction of sp³-hybridized carbons (Fsp3) is 0.500. The van der Waals surface area contributed by atoms with Crippen LogP contribution in [0.3, 0.4) is 0 Å². The normalized spacial score (nSPS) is 32.7. The Morgan fingerprint density at radius 1 is 1.10 bits per heavy atom. The molecule has 39 heavy (non-hydrogen) atoms. The number of ketones is 2. The molecule has 11 heteroatoms. The highest BCUT2D eigenvalue weighted by Crippen LogP contribution is 2.56. The number of hydrogen-bond acceptors (Lipinski definition) is 10. The number of aliphatic hydroxyl groups excluding tert-OH is 2. The molecule has 0 spiro atoms. The van der Waals surface area contributed by atoms with Gasteiger partial charge in [-0.15, -0.1) is 0 Å². The van der Waals surface area contributed by atoms with Crippen LogP contribution >= 0.6 is 0 Å². The molecular formula is C28H32N2O9. The maximum Gasteiger partial charge on any atom is 0.309 e. The predicted octanol–water partition coefficient (Wildman–Crippen LogP) is 1.39. The highest BCUT2D eigenvalue weighted by atomic mass is 16.5. The number of primary amides is 1. The summed E-state index contributed by atoms with van der Waals surface area (Å²) in [5.74, 6) is -9.83. The molecule has 1 aromatic rings. The van der Waals surface area contributed by atoms with Gasteiger partial charge < -0.3 is 30.9 Å². The maximum atomic E-state index is 13.8. The number of benzene rings is 1. The molecule has 1 aromatic carbocycles. The minimum atomic E-state index is -2.94. The second-order valence-corrected chi connectivity index (χ2v) is 11.2. The second kappa shape index (κ2) is 9.20. The van der Waals surface area contributed by atoms with Crippen molar-refractivity contribution < 1.29 is 44.3 Å². The van der Waals surface area contributed by atoms with Crippen molar-refractivity contribution in [1.29, 1.82) is 0 Å². The van der Waals surface area contributed by atoms with Crippen LogP contribution in [0.1, 0.15) is 54.4 Å². The third kappa shape index (κ3) is 3.63. The molecule has 208 valence electrons. The molecular weight excluding hydrogens is 508 g/mol. The molecule has 11 nitrogen and oxygen atoms in total. The van der Waals surface area contributed by atoms with Crippen molar-refractivity contribution in [2.75, 3.05) is 14.1 Å². The van der Waals surface area contributed by atoms with Gasteiger partial charge in [0.1, 0.15) is 28.9 Å². The topological polar surface area (TPSA) is 188 Å². The number of nitrogens with two attached hydrogens (primary N) is 1. The zero-order chi connectivity index (χ0) is 28.5. The lowest BCUT2D eigenvalue weighted by Gasteiger charge is -2.54. The average molecular weight is 541 g/mol. The van der Waals surface area contributed by atoms with E-state index in [4.69, 9.17) is 10.5 Å². The quantitative estimate of drug-likeness (QED) is 0.276. The monoisotopic (exact) mass is 540 g/mol. The van der Waals surface area contributed by atoms with Crippen LogP contribution < -0.4 is 5.73 Å². The van der Waals surface area contributed by atoms with Crippen LogP contribution in [-0.2, 0) is 19.1 Å². The summed E-state index contributed by atoms with van der Waals surface area (Å²) < 4.78 is 6.08. The third-order valence-electron chi connectivity index (χ3n) is 8.91. The Hall–Kier alpha value is -3.70. The number of hydrogen-bond donors (Lipinski definition) is 5. The highest BCUT2D eigenvalue weighted by Gasteiger charge is 2.68. The van der Waals surface area contributed by atoms with Gasteiger partial charge in [-0.05, 0) is 44.5 Å². The van der Waals surface area contributed by atoms with Crippen LogP contribution in [0.15, 0.2) is 40.9 Å². The molecule has 1 fully saturated rings. The number of fused-ring (bicyclic) bond motifs is 3. The molecule has 0 unspecified atom stereocenters. The molecule has 4 aliphatic carbocycles. The van der Waals surface area contributed by atoms with Crippen molar-refractivity contribution in [2.45, 2.75) is 56.3 Å². The molecule has 0 heterocycles. The summed E-state index contributed by atoms with van der Waals surface area (Å²) in [5, 5.41) is 45.3. The van der Waals surface area contributed by atoms with Gasteiger partial charge in [0.2, 0.25) is 5.78 Å². The largest absolute Gasteiger partial charge is 0.510 e. The number of carbonyl (C=O) groups excluding carboxylic acids is 4. The lowest BCUT2D eigenvalue weighted by Crippen LogP contribution is -2.69. The number of rotatable bonds is 4. The number of amides is 1. The number of phenolic OH excluding ortho intramolecular Hbond substituents is 1. The lowest BCUT2D eigenvalue weighted by molar-refractivity contribution is -0.183. The molecule has 1 amide bonds. The van der Waals surface area contributed by atoms with E-state index in [9.17, 15) is 39.6 Å². The first-order chi connectivity index (χ1) is 18.3. The van der Waals surface area contributed by atoms with Crippen molar-refractivity contribution >= 4 is 23.4 Å². The number of aromatic hydroxyl groups is 1. The summed E-state index contributed by atoms with van der Waals surface area (Å²) >= 11 is 0. The molecule has 0 radical (unpaired) electrons. The lowest BCUT2D eigenvalue weighted by atomic mass is 9.55. The molecule has 6 atom stereocenters. The minimum Gasteiger partial charge on any atom is -0.510 e. The van der Waals surface area contributed by atoms with Gasteiger partial charge in [0.15, 0.2) is 11.4 Å². The Morgan fingerprint density at radius 2 is 1.74 bits per heavy atom. The fourth-order valence-corrected chi connectivity index (χ4v) is 7.09. The van der Waals surface area contributed by atoms with Crippen LogP contribution in [0, 0.1) is 17.8 Å². The number of nitrogens with zero attached hydrogens (tertiary/aromatic N) is 1. The van der Waals surface area contributed by atoms with Gasteiger partial charge in [0.05, 0.1) is 23.4 Å². The number of esters is 1. The van der Waals surface area contributed by atoms with E-state index in [1.807, 2.05) is 0 Å². The molecule has 0 aliphatic heterocycles. The van der Waals surface area contributed by atoms with Crippen molar-refractivity contribution in [3.05, 3.63) is 52.0 Å². The fourth-order valence-electron chi connectivity index (χ4n) is 7.09. The maximum absolute atomic E-state index is 13.8. The van der Waals surface area contributed by atoms with E-state index in [1.165, 1.54) is 25.1 Å². The number of carbonyl (C=O) groups is 4. The van der Waals surface area contributed by atoms with E-state index in [1.54, 1.807) is 19.1 Å². The van der Waals surface area contributed by atoms with Crippen LogP contribution in [-0.4, -0.2) is 80.6 Å². The van der Waals surface area contributed by atoms with Crippen molar-refractivity contribution in [3.8, 4) is 5.75 Å². The second-order valence-electron chi connectivity index (χ2n) is 11.2. The van der Waals surface area contributed by atoms with Gasteiger partial charge in [-0.2, -0.15) is 0 Å². The first-order valence-electron chi connectivity index (χ1n) is 13.0. The van der Waals surface area contributed by atoms with Gasteiger partial charge >= 0.3 is 5.97 Å². The first kappa shape index (κ1) is 26.9. The molecule has 5 rings (SSSR count). The zero-order valence-corrected chi connectivity index (χ0v) is 21.9. The van der Waals surface area contributed by atoms with Crippen LogP contribution in [0.2, 0.25) is 0 Å². The van der Waals surface area contributed by atoms with Gasteiger partial charge in [-0.1, -0.05) is 31.9 Å².